The molecule has 1 aromatic heterocycles. The molecule has 1 atom stereocenters. The number of imidazole rings is 1. The van der Waals surface area contributed by atoms with Gasteiger partial charge in [0.2, 0.25) is 0 Å². The Bertz CT molecular complexity index is 533. The Labute approximate surface area is 108 Å². The van der Waals surface area contributed by atoms with Gasteiger partial charge in [0.25, 0.3) is 0 Å². The Morgan fingerprint density at radius 2 is 2.17 bits per heavy atom. The summed E-state index contributed by atoms with van der Waals surface area (Å²) >= 11 is 0. The van der Waals surface area contributed by atoms with Gasteiger partial charge in [-0.15, -0.1) is 0 Å². The first kappa shape index (κ1) is 12.9. The second-order valence-corrected chi connectivity index (χ2v) is 4.51. The maximum atomic E-state index is 5.80. The predicted octanol–water partition coefficient (Wildman–Crippen LogP) is 2.61. The largest absolute Gasteiger partial charge is 0.399 e. The zero-order valence-electron chi connectivity index (χ0n) is 11.3. The molecule has 2 N–H and O–H groups in total. The summed E-state index contributed by atoms with van der Waals surface area (Å²) in [4.78, 5) is 4.63. The van der Waals surface area contributed by atoms with Crippen LogP contribution in [0.25, 0.3) is 11.0 Å². The van der Waals surface area contributed by atoms with Crippen molar-refractivity contribution in [3.05, 3.63) is 24.0 Å². The minimum absolute atomic E-state index is 0.190. The molecule has 2 rings (SSSR count). The lowest BCUT2D eigenvalue weighted by atomic mass is 10.2. The van der Waals surface area contributed by atoms with Crippen LogP contribution in [0.4, 0.5) is 5.69 Å². The van der Waals surface area contributed by atoms with Crippen LogP contribution in [-0.4, -0.2) is 22.3 Å². The van der Waals surface area contributed by atoms with Crippen LogP contribution < -0.4 is 5.73 Å². The fourth-order valence-corrected chi connectivity index (χ4v) is 2.26. The van der Waals surface area contributed by atoms with Crippen molar-refractivity contribution in [3.63, 3.8) is 0 Å². The van der Waals surface area contributed by atoms with E-state index in [0.717, 1.165) is 42.1 Å². The fourth-order valence-electron chi connectivity index (χ4n) is 2.26. The number of hydrogen-bond acceptors (Lipinski definition) is 3. The lowest BCUT2D eigenvalue weighted by Crippen LogP contribution is -2.18. The third kappa shape index (κ3) is 2.48. The highest BCUT2D eigenvalue weighted by molar-refractivity contribution is 5.79. The van der Waals surface area contributed by atoms with Crippen LogP contribution in [0.1, 0.15) is 26.6 Å². The Balaban J connectivity index is 2.40. The molecule has 4 heteroatoms. The molecule has 0 spiro atoms. The zero-order valence-corrected chi connectivity index (χ0v) is 11.3. The number of nitrogens with zero attached hydrogens (tertiary/aromatic N) is 2. The fraction of sp³-hybridized carbons (Fsp3) is 0.500. The number of aryl methyl sites for hydroxylation is 1. The molecular weight excluding hydrogens is 226 g/mol. The van der Waals surface area contributed by atoms with Gasteiger partial charge in [0, 0.05) is 18.7 Å². The topological polar surface area (TPSA) is 53.1 Å². The molecule has 2 aromatic rings. The quantitative estimate of drug-likeness (QED) is 0.826. The molecule has 0 amide bonds. The van der Waals surface area contributed by atoms with Crippen molar-refractivity contribution in [1.29, 1.82) is 0 Å². The van der Waals surface area contributed by atoms with E-state index < -0.39 is 0 Å². The number of anilines is 1. The number of hydrogen-bond donors (Lipinski definition) is 1. The molecule has 1 unspecified atom stereocenters. The number of nitrogens with two attached hydrogens (primary N) is 1. The van der Waals surface area contributed by atoms with Crippen LogP contribution in [0.5, 0.6) is 0 Å². The van der Waals surface area contributed by atoms with E-state index >= 15 is 0 Å². The lowest BCUT2D eigenvalue weighted by Gasteiger charge is -2.15. The molecule has 0 aliphatic rings. The molecule has 0 aliphatic heterocycles. The van der Waals surface area contributed by atoms with Gasteiger partial charge in [-0.25, -0.2) is 4.98 Å². The van der Waals surface area contributed by atoms with Crippen molar-refractivity contribution in [1.82, 2.24) is 9.55 Å². The predicted molar refractivity (Wildman–Crippen MR) is 74.6 cm³/mol. The van der Waals surface area contributed by atoms with Gasteiger partial charge in [0.15, 0.2) is 0 Å². The van der Waals surface area contributed by atoms with Crippen molar-refractivity contribution in [2.24, 2.45) is 0 Å². The average Bonchev–Trinajstić information content (AvgIpc) is 2.66. The van der Waals surface area contributed by atoms with Crippen molar-refractivity contribution in [2.45, 2.75) is 39.8 Å². The summed E-state index contributed by atoms with van der Waals surface area (Å²) in [6.45, 7) is 7.79. The van der Waals surface area contributed by atoms with E-state index in [1.54, 1.807) is 0 Å². The number of benzene rings is 1. The molecule has 1 heterocycles. The molecule has 0 radical (unpaired) electrons. The smallest absolute Gasteiger partial charge is 0.109 e. The Morgan fingerprint density at radius 1 is 1.39 bits per heavy atom. The summed E-state index contributed by atoms with van der Waals surface area (Å²) < 4.78 is 7.85. The van der Waals surface area contributed by atoms with E-state index in [2.05, 4.69) is 23.4 Å². The first-order valence-electron chi connectivity index (χ1n) is 6.52. The van der Waals surface area contributed by atoms with Gasteiger partial charge in [0.1, 0.15) is 5.82 Å². The second kappa shape index (κ2) is 5.40. The van der Waals surface area contributed by atoms with Crippen LogP contribution in [-0.2, 0) is 17.7 Å². The van der Waals surface area contributed by atoms with Gasteiger partial charge in [-0.05, 0) is 32.0 Å². The highest BCUT2D eigenvalue weighted by Crippen LogP contribution is 2.20. The van der Waals surface area contributed by atoms with Crippen molar-refractivity contribution < 1.29 is 4.74 Å². The van der Waals surface area contributed by atoms with Crippen LogP contribution in [0, 0.1) is 0 Å². The SMILES string of the molecule is CCOC(C)Cn1c(CC)nc2cc(N)ccc21. The molecule has 0 saturated carbocycles. The number of aromatic nitrogens is 2. The Hall–Kier alpha value is -1.55. The minimum Gasteiger partial charge on any atom is -0.399 e. The molecule has 0 bridgehead atoms. The van der Waals surface area contributed by atoms with Gasteiger partial charge in [-0.1, -0.05) is 6.92 Å². The summed E-state index contributed by atoms with van der Waals surface area (Å²) in [6.07, 6.45) is 1.10. The molecule has 0 aliphatic carbocycles. The summed E-state index contributed by atoms with van der Waals surface area (Å²) in [6, 6.07) is 5.89. The molecule has 18 heavy (non-hydrogen) atoms. The van der Waals surface area contributed by atoms with Crippen LogP contribution in [0.15, 0.2) is 18.2 Å². The highest BCUT2D eigenvalue weighted by atomic mass is 16.5. The third-order valence-corrected chi connectivity index (χ3v) is 3.06. The van der Waals surface area contributed by atoms with Crippen LogP contribution in [0.3, 0.4) is 0 Å². The van der Waals surface area contributed by atoms with E-state index in [9.17, 15) is 0 Å². The lowest BCUT2D eigenvalue weighted by molar-refractivity contribution is 0.0643. The van der Waals surface area contributed by atoms with E-state index in [4.69, 9.17) is 10.5 Å². The molecule has 98 valence electrons. The van der Waals surface area contributed by atoms with Gasteiger partial charge >= 0.3 is 0 Å². The van der Waals surface area contributed by atoms with Crippen molar-refractivity contribution in [3.8, 4) is 0 Å². The molecular formula is C14H21N3O. The van der Waals surface area contributed by atoms with Gasteiger partial charge in [-0.2, -0.15) is 0 Å². The van der Waals surface area contributed by atoms with Crippen LogP contribution in [0.2, 0.25) is 0 Å². The minimum atomic E-state index is 0.190. The Kier molecular flexibility index (Phi) is 3.87. The first-order chi connectivity index (χ1) is 8.65. The number of fused-ring (bicyclic) bond motifs is 1. The van der Waals surface area contributed by atoms with Gasteiger partial charge in [-0.3, -0.25) is 0 Å². The molecule has 4 nitrogen and oxygen atoms in total. The number of rotatable bonds is 5. The first-order valence-corrected chi connectivity index (χ1v) is 6.52. The average molecular weight is 247 g/mol. The van der Waals surface area contributed by atoms with E-state index in [0.29, 0.717) is 0 Å². The van der Waals surface area contributed by atoms with E-state index in [-0.39, 0.29) is 6.10 Å². The molecule has 0 saturated heterocycles. The van der Waals surface area contributed by atoms with Crippen molar-refractivity contribution >= 4 is 16.7 Å². The van der Waals surface area contributed by atoms with Gasteiger partial charge in [0.05, 0.1) is 23.7 Å². The summed E-state index contributed by atoms with van der Waals surface area (Å²) in [5.74, 6) is 1.09. The second-order valence-electron chi connectivity index (χ2n) is 4.51. The zero-order chi connectivity index (χ0) is 13.1. The highest BCUT2D eigenvalue weighted by Gasteiger charge is 2.12. The van der Waals surface area contributed by atoms with Crippen LogP contribution >= 0.6 is 0 Å². The number of nitrogen functional groups attached to an aromatic ring is 1. The van der Waals surface area contributed by atoms with E-state index in [1.807, 2.05) is 25.1 Å². The summed E-state index contributed by atoms with van der Waals surface area (Å²) in [5.41, 5.74) is 8.66. The van der Waals surface area contributed by atoms with E-state index in [1.165, 1.54) is 0 Å². The Morgan fingerprint density at radius 3 is 2.83 bits per heavy atom. The normalized spacial score (nSPS) is 13.1. The maximum absolute atomic E-state index is 5.80. The number of ether oxygens (including phenoxy) is 1. The standard InChI is InChI=1S/C14H21N3O/c1-4-14-16-12-8-11(15)6-7-13(12)17(14)9-10(3)18-5-2/h6-8,10H,4-5,9,15H2,1-3H3. The van der Waals surface area contributed by atoms with Crippen molar-refractivity contribution in [2.75, 3.05) is 12.3 Å². The molecule has 0 fully saturated rings. The summed E-state index contributed by atoms with van der Waals surface area (Å²) in [7, 11) is 0. The third-order valence-electron chi connectivity index (χ3n) is 3.06. The molecule has 1 aromatic carbocycles. The van der Waals surface area contributed by atoms with Gasteiger partial charge < -0.3 is 15.0 Å². The monoisotopic (exact) mass is 247 g/mol. The maximum Gasteiger partial charge on any atom is 0.109 e. The summed E-state index contributed by atoms with van der Waals surface area (Å²) in [5, 5.41) is 0.